The molecule has 8 heteroatoms. The van der Waals surface area contributed by atoms with Crippen LogP contribution in [0.4, 0.5) is 0 Å². The fourth-order valence-corrected chi connectivity index (χ4v) is 5.16. The van der Waals surface area contributed by atoms with E-state index in [1.54, 1.807) is 21.0 Å². The van der Waals surface area contributed by atoms with Crippen molar-refractivity contribution in [2.45, 2.75) is 20.0 Å². The highest BCUT2D eigenvalue weighted by atomic mass is 31.2. The van der Waals surface area contributed by atoms with Crippen molar-refractivity contribution in [3.8, 4) is 22.6 Å². The predicted octanol–water partition coefficient (Wildman–Crippen LogP) is 4.46. The minimum absolute atomic E-state index is 0.249. The van der Waals surface area contributed by atoms with Crippen LogP contribution in [0.3, 0.4) is 0 Å². The molecule has 0 aliphatic carbocycles. The van der Waals surface area contributed by atoms with E-state index >= 15 is 0 Å². The lowest BCUT2D eigenvalue weighted by Gasteiger charge is -2.27. The average Bonchev–Trinajstić information content (AvgIpc) is 3.20. The van der Waals surface area contributed by atoms with Gasteiger partial charge in [-0.1, -0.05) is 30.3 Å². The molecule has 29 heavy (non-hydrogen) atoms. The van der Waals surface area contributed by atoms with Crippen LogP contribution >= 0.6 is 7.60 Å². The summed E-state index contributed by atoms with van der Waals surface area (Å²) in [7, 11) is -1.96. The van der Waals surface area contributed by atoms with E-state index in [-0.39, 0.29) is 18.6 Å². The molecule has 4 rings (SSSR count). The standard InChI is InChI=1S/C21H23N2O5P/c1-4-26-29(24,27-5-2)21-18-16-8-6-7-9-17(16)28-20(19(18)22-23-21)14-10-12-15(25-3)13-11-14/h6-13,20H,4-5H2,1-3H3,(H,22,23). The summed E-state index contributed by atoms with van der Waals surface area (Å²) in [5.74, 6) is 1.44. The Hall–Kier alpha value is -2.60. The van der Waals surface area contributed by atoms with Gasteiger partial charge in [0.05, 0.1) is 26.0 Å². The third-order valence-electron chi connectivity index (χ3n) is 4.71. The van der Waals surface area contributed by atoms with Crippen molar-refractivity contribution in [1.29, 1.82) is 0 Å². The van der Waals surface area contributed by atoms with Gasteiger partial charge in [0.25, 0.3) is 0 Å². The summed E-state index contributed by atoms with van der Waals surface area (Å²) in [5.41, 5.74) is 3.42. The molecule has 0 spiro atoms. The van der Waals surface area contributed by atoms with Crippen molar-refractivity contribution in [1.82, 2.24) is 10.2 Å². The van der Waals surface area contributed by atoms with Gasteiger partial charge >= 0.3 is 7.60 Å². The van der Waals surface area contributed by atoms with E-state index in [0.29, 0.717) is 17.0 Å². The number of aromatic nitrogens is 2. The van der Waals surface area contributed by atoms with Gasteiger partial charge < -0.3 is 18.5 Å². The Kier molecular flexibility index (Phi) is 5.46. The number of nitrogens with zero attached hydrogens (tertiary/aromatic N) is 1. The van der Waals surface area contributed by atoms with Crippen LogP contribution in [0.2, 0.25) is 0 Å². The maximum Gasteiger partial charge on any atom is 0.382 e. The summed E-state index contributed by atoms with van der Waals surface area (Å²) in [6.45, 7) is 4.06. The van der Waals surface area contributed by atoms with E-state index in [1.165, 1.54) is 0 Å². The van der Waals surface area contributed by atoms with Gasteiger partial charge in [0, 0.05) is 11.1 Å². The van der Waals surface area contributed by atoms with Crippen molar-refractivity contribution >= 4 is 13.0 Å². The Labute approximate surface area is 169 Å². The summed E-state index contributed by atoms with van der Waals surface area (Å²) in [6, 6.07) is 15.2. The number of hydrogen-bond donors (Lipinski definition) is 1. The Bertz CT molecular complexity index is 1040. The number of H-pyrrole nitrogens is 1. The molecule has 1 aliphatic heterocycles. The number of rotatable bonds is 7. The molecule has 1 unspecified atom stereocenters. The molecule has 0 saturated carbocycles. The molecule has 0 saturated heterocycles. The molecule has 2 heterocycles. The first-order valence-corrected chi connectivity index (χ1v) is 11.0. The second kappa shape index (κ2) is 8.03. The first kappa shape index (κ1) is 19.7. The molecular weight excluding hydrogens is 391 g/mol. The molecule has 1 atom stereocenters. The van der Waals surface area contributed by atoms with Crippen LogP contribution in [0.25, 0.3) is 11.1 Å². The van der Waals surface area contributed by atoms with Crippen LogP contribution in [-0.2, 0) is 13.6 Å². The second-order valence-corrected chi connectivity index (χ2v) is 8.37. The lowest BCUT2D eigenvalue weighted by Crippen LogP contribution is -2.19. The fourth-order valence-electron chi connectivity index (χ4n) is 3.47. The van der Waals surface area contributed by atoms with Gasteiger partial charge in [-0.25, -0.2) is 0 Å². The van der Waals surface area contributed by atoms with Gasteiger partial charge in [-0.3, -0.25) is 9.66 Å². The highest BCUT2D eigenvalue weighted by Crippen LogP contribution is 2.52. The van der Waals surface area contributed by atoms with E-state index < -0.39 is 13.7 Å². The molecule has 3 aromatic rings. The van der Waals surface area contributed by atoms with Gasteiger partial charge in [0.2, 0.25) is 0 Å². The van der Waals surface area contributed by atoms with Gasteiger partial charge in [-0.05, 0) is 37.6 Å². The molecule has 1 aliphatic rings. The second-order valence-electron chi connectivity index (χ2n) is 6.44. The molecule has 0 fully saturated rings. The average molecular weight is 414 g/mol. The minimum Gasteiger partial charge on any atom is -0.497 e. The van der Waals surface area contributed by atoms with Gasteiger partial charge in [-0.2, -0.15) is 5.10 Å². The Morgan fingerprint density at radius 3 is 2.41 bits per heavy atom. The SMILES string of the molecule is CCOP(=O)(OCC)c1n[nH]c2c1-c1ccccc1OC2c1ccc(OC)cc1. The summed E-state index contributed by atoms with van der Waals surface area (Å²) in [4.78, 5) is 0. The lowest BCUT2D eigenvalue weighted by molar-refractivity contribution is 0.229. The molecule has 0 bridgehead atoms. The van der Waals surface area contributed by atoms with Crippen molar-refractivity contribution in [3.05, 3.63) is 59.8 Å². The van der Waals surface area contributed by atoms with Crippen molar-refractivity contribution < 1.29 is 23.1 Å². The number of hydrogen-bond acceptors (Lipinski definition) is 6. The fraction of sp³-hybridized carbons (Fsp3) is 0.286. The van der Waals surface area contributed by atoms with Crippen molar-refractivity contribution in [2.24, 2.45) is 0 Å². The maximum absolute atomic E-state index is 13.5. The molecule has 7 nitrogen and oxygen atoms in total. The van der Waals surface area contributed by atoms with E-state index in [2.05, 4.69) is 10.2 Å². The zero-order valence-corrected chi connectivity index (χ0v) is 17.4. The topological polar surface area (TPSA) is 82.7 Å². The van der Waals surface area contributed by atoms with Crippen LogP contribution in [-0.4, -0.2) is 30.5 Å². The highest BCUT2D eigenvalue weighted by Gasteiger charge is 2.40. The smallest absolute Gasteiger partial charge is 0.382 e. The van der Waals surface area contributed by atoms with Crippen molar-refractivity contribution in [3.63, 3.8) is 0 Å². The molecule has 152 valence electrons. The van der Waals surface area contributed by atoms with Crippen LogP contribution in [0.1, 0.15) is 31.2 Å². The Morgan fingerprint density at radius 1 is 1.07 bits per heavy atom. The number of methoxy groups -OCH3 is 1. The van der Waals surface area contributed by atoms with Crippen LogP contribution in [0, 0.1) is 0 Å². The number of ether oxygens (including phenoxy) is 2. The number of nitrogens with one attached hydrogen (secondary N) is 1. The monoisotopic (exact) mass is 414 g/mol. The summed E-state index contributed by atoms with van der Waals surface area (Å²) in [6.07, 6.45) is -0.441. The Balaban J connectivity index is 1.88. The van der Waals surface area contributed by atoms with Gasteiger partial charge in [0.1, 0.15) is 11.5 Å². The highest BCUT2D eigenvalue weighted by molar-refractivity contribution is 7.62. The summed E-state index contributed by atoms with van der Waals surface area (Å²) < 4.78 is 36.2. The zero-order chi connectivity index (χ0) is 20.4. The van der Waals surface area contributed by atoms with Gasteiger partial charge in [-0.15, -0.1) is 0 Å². The summed E-state index contributed by atoms with van der Waals surface area (Å²) in [5, 5.41) is 7.40. The van der Waals surface area contributed by atoms with E-state index in [9.17, 15) is 4.57 Å². The van der Waals surface area contributed by atoms with E-state index in [0.717, 1.165) is 16.9 Å². The van der Waals surface area contributed by atoms with E-state index in [4.69, 9.17) is 18.5 Å². The molecular formula is C21H23N2O5P. The normalized spacial score (nSPS) is 15.3. The quantitative estimate of drug-likeness (QED) is 0.575. The molecule has 0 radical (unpaired) electrons. The molecule has 0 amide bonds. The van der Waals surface area contributed by atoms with Crippen LogP contribution in [0.15, 0.2) is 48.5 Å². The number of para-hydroxylation sites is 1. The molecule has 1 N–H and O–H groups in total. The van der Waals surface area contributed by atoms with Crippen LogP contribution < -0.4 is 14.9 Å². The minimum atomic E-state index is -3.59. The third-order valence-corrected chi connectivity index (χ3v) is 6.75. The zero-order valence-electron chi connectivity index (χ0n) is 16.5. The van der Waals surface area contributed by atoms with Gasteiger partial charge in [0.15, 0.2) is 11.5 Å². The third kappa shape index (κ3) is 3.46. The largest absolute Gasteiger partial charge is 0.497 e. The summed E-state index contributed by atoms with van der Waals surface area (Å²) >= 11 is 0. The van der Waals surface area contributed by atoms with Crippen LogP contribution in [0.5, 0.6) is 11.5 Å². The predicted molar refractivity (Wildman–Crippen MR) is 110 cm³/mol. The molecule has 2 aromatic carbocycles. The number of fused-ring (bicyclic) bond motifs is 3. The first-order valence-electron chi connectivity index (χ1n) is 9.49. The van der Waals surface area contributed by atoms with E-state index in [1.807, 2.05) is 48.5 Å². The Morgan fingerprint density at radius 2 is 1.76 bits per heavy atom. The number of benzene rings is 2. The number of aromatic amines is 1. The lowest BCUT2D eigenvalue weighted by atomic mass is 9.95. The maximum atomic E-state index is 13.5. The van der Waals surface area contributed by atoms with Crippen molar-refractivity contribution in [2.75, 3.05) is 20.3 Å². The molecule has 1 aromatic heterocycles. The first-order chi connectivity index (χ1) is 14.1.